The minimum atomic E-state index is -0.334. The molecule has 5 heteroatoms. The van der Waals surface area contributed by atoms with E-state index < -0.39 is 0 Å². The third-order valence-corrected chi connectivity index (χ3v) is 6.09. The molecule has 1 amide bonds. The minimum absolute atomic E-state index is 0.112. The molecule has 5 nitrogen and oxygen atoms in total. The Hall–Kier alpha value is -1.33. The molecule has 0 N–H and O–H groups in total. The molecule has 25 heavy (non-hydrogen) atoms. The van der Waals surface area contributed by atoms with E-state index in [1.807, 2.05) is 12.1 Å². The molecule has 2 saturated heterocycles. The average Bonchev–Trinajstić information content (AvgIpc) is 3.25. The van der Waals surface area contributed by atoms with Crippen LogP contribution in [0, 0.1) is 5.92 Å². The largest absolute Gasteiger partial charge is 0.467 e. The summed E-state index contributed by atoms with van der Waals surface area (Å²) in [7, 11) is 0. The number of rotatable bonds is 3. The van der Waals surface area contributed by atoms with Crippen LogP contribution in [0.5, 0.6) is 0 Å². The highest BCUT2D eigenvalue weighted by Crippen LogP contribution is 2.40. The molecule has 2 aliphatic heterocycles. The second kappa shape index (κ2) is 7.50. The Morgan fingerprint density at radius 2 is 1.92 bits per heavy atom. The van der Waals surface area contributed by atoms with Gasteiger partial charge < -0.3 is 18.8 Å². The van der Waals surface area contributed by atoms with E-state index in [1.165, 1.54) is 6.42 Å². The van der Waals surface area contributed by atoms with Crippen LogP contribution in [0.1, 0.15) is 69.6 Å². The van der Waals surface area contributed by atoms with E-state index in [0.29, 0.717) is 25.6 Å². The first-order valence-corrected chi connectivity index (χ1v) is 9.87. The fraction of sp³-hybridized carbons (Fsp3) is 0.750. The molecular weight excluding hydrogens is 318 g/mol. The second-order valence-corrected chi connectivity index (χ2v) is 7.72. The van der Waals surface area contributed by atoms with Crippen LogP contribution in [-0.2, 0) is 14.3 Å². The summed E-state index contributed by atoms with van der Waals surface area (Å²) >= 11 is 0. The fourth-order valence-electron chi connectivity index (χ4n) is 4.65. The average molecular weight is 347 g/mol. The van der Waals surface area contributed by atoms with Crippen molar-refractivity contribution in [2.45, 2.75) is 69.6 Å². The predicted octanol–water partition coefficient (Wildman–Crippen LogP) is 4.05. The van der Waals surface area contributed by atoms with Gasteiger partial charge in [-0.05, 0) is 43.7 Å². The Bertz CT molecular complexity index is 554. The van der Waals surface area contributed by atoms with Crippen LogP contribution in [0.2, 0.25) is 0 Å². The van der Waals surface area contributed by atoms with Gasteiger partial charge in [0.15, 0.2) is 5.79 Å². The van der Waals surface area contributed by atoms with Crippen molar-refractivity contribution >= 4 is 5.91 Å². The van der Waals surface area contributed by atoms with Gasteiger partial charge in [0.25, 0.3) is 0 Å². The fourth-order valence-corrected chi connectivity index (χ4v) is 4.65. The van der Waals surface area contributed by atoms with Gasteiger partial charge in [-0.3, -0.25) is 4.79 Å². The molecule has 3 heterocycles. The smallest absolute Gasteiger partial charge is 0.223 e. The summed E-state index contributed by atoms with van der Waals surface area (Å²) in [6.45, 7) is 2.28. The number of amides is 1. The zero-order valence-electron chi connectivity index (χ0n) is 15.0. The summed E-state index contributed by atoms with van der Waals surface area (Å²) < 4.78 is 17.2. The van der Waals surface area contributed by atoms with Crippen molar-refractivity contribution in [1.82, 2.24) is 4.90 Å². The summed E-state index contributed by atoms with van der Waals surface area (Å²) in [5.41, 5.74) is 0. The molecule has 0 aromatic carbocycles. The van der Waals surface area contributed by atoms with Crippen LogP contribution >= 0.6 is 0 Å². The maximum absolute atomic E-state index is 13.1. The first-order valence-electron chi connectivity index (χ1n) is 9.87. The van der Waals surface area contributed by atoms with E-state index >= 15 is 0 Å². The van der Waals surface area contributed by atoms with Crippen molar-refractivity contribution in [2.75, 3.05) is 19.8 Å². The third-order valence-electron chi connectivity index (χ3n) is 6.09. The maximum Gasteiger partial charge on any atom is 0.223 e. The Morgan fingerprint density at radius 1 is 1.12 bits per heavy atom. The van der Waals surface area contributed by atoms with E-state index in [0.717, 1.165) is 57.3 Å². The van der Waals surface area contributed by atoms with Crippen molar-refractivity contribution in [3.63, 3.8) is 0 Å². The van der Waals surface area contributed by atoms with Gasteiger partial charge in [0.2, 0.25) is 5.91 Å². The van der Waals surface area contributed by atoms with Crippen molar-refractivity contribution in [3.05, 3.63) is 24.2 Å². The zero-order valence-corrected chi connectivity index (χ0v) is 15.0. The van der Waals surface area contributed by atoms with Gasteiger partial charge in [-0.15, -0.1) is 0 Å². The van der Waals surface area contributed by atoms with Crippen LogP contribution in [0.3, 0.4) is 0 Å². The molecule has 0 radical (unpaired) electrons. The highest BCUT2D eigenvalue weighted by atomic mass is 16.7. The molecule has 0 bridgehead atoms. The molecular formula is C20H29NO4. The first-order chi connectivity index (χ1) is 12.3. The summed E-state index contributed by atoms with van der Waals surface area (Å²) in [5.74, 6) is 1.34. The number of hydrogen-bond acceptors (Lipinski definition) is 4. The molecule has 4 rings (SSSR count). The number of furan rings is 1. The summed E-state index contributed by atoms with van der Waals surface area (Å²) in [6.07, 6.45) is 10.7. The lowest BCUT2D eigenvalue weighted by Crippen LogP contribution is -2.39. The molecule has 1 atom stereocenters. The third kappa shape index (κ3) is 3.77. The Balaban J connectivity index is 1.37. The quantitative estimate of drug-likeness (QED) is 0.828. The zero-order chi connectivity index (χ0) is 17.1. The number of carbonyl (C=O) groups excluding carboxylic acids is 1. The second-order valence-electron chi connectivity index (χ2n) is 7.72. The van der Waals surface area contributed by atoms with E-state index in [9.17, 15) is 4.79 Å². The van der Waals surface area contributed by atoms with Crippen LogP contribution in [0.25, 0.3) is 0 Å². The van der Waals surface area contributed by atoms with Crippen molar-refractivity contribution in [2.24, 2.45) is 5.92 Å². The van der Waals surface area contributed by atoms with Gasteiger partial charge in [0, 0.05) is 25.8 Å². The van der Waals surface area contributed by atoms with Crippen LogP contribution in [-0.4, -0.2) is 36.4 Å². The number of likely N-dealkylation sites (tertiary alicyclic amines) is 1. The van der Waals surface area contributed by atoms with E-state index in [1.54, 1.807) is 6.26 Å². The lowest BCUT2D eigenvalue weighted by Gasteiger charge is -2.36. The Kier molecular flexibility index (Phi) is 5.13. The van der Waals surface area contributed by atoms with Crippen LogP contribution in [0.4, 0.5) is 0 Å². The van der Waals surface area contributed by atoms with Crippen molar-refractivity contribution < 1.29 is 18.7 Å². The first kappa shape index (κ1) is 17.1. The number of ether oxygens (including phenoxy) is 2. The van der Waals surface area contributed by atoms with Crippen LogP contribution in [0.15, 0.2) is 22.8 Å². The van der Waals surface area contributed by atoms with Crippen molar-refractivity contribution in [1.29, 1.82) is 0 Å². The van der Waals surface area contributed by atoms with Gasteiger partial charge in [-0.1, -0.05) is 12.8 Å². The highest BCUT2D eigenvalue weighted by molar-refractivity contribution is 5.77. The monoisotopic (exact) mass is 347 g/mol. The highest BCUT2D eigenvalue weighted by Gasteiger charge is 2.41. The summed E-state index contributed by atoms with van der Waals surface area (Å²) in [6, 6.07) is 4.04. The molecule has 1 aliphatic carbocycles. The van der Waals surface area contributed by atoms with E-state index in [4.69, 9.17) is 13.9 Å². The SMILES string of the molecule is O=C(CC1CCC2(CC1)OCCO2)N1CCCCC[C@H]1c1ccco1. The summed E-state index contributed by atoms with van der Waals surface area (Å²) in [4.78, 5) is 15.1. The van der Waals surface area contributed by atoms with E-state index in [-0.39, 0.29) is 17.7 Å². The molecule has 1 aromatic heterocycles. The molecule has 138 valence electrons. The van der Waals surface area contributed by atoms with Gasteiger partial charge in [0.05, 0.1) is 25.5 Å². The molecule has 3 aliphatic rings. The standard InChI is InChI=1S/C20H29NO4/c22-19(15-16-7-9-20(10-8-16)24-13-14-25-20)21-11-3-1-2-5-17(21)18-6-4-12-23-18/h4,6,12,16-17H,1-3,5,7-11,13-15H2/t17-/m0/s1. The maximum atomic E-state index is 13.1. The number of carbonyl (C=O) groups is 1. The normalized spacial score (nSPS) is 27.5. The molecule has 1 spiro atoms. The molecule has 3 fully saturated rings. The Labute approximate surface area is 149 Å². The molecule has 1 saturated carbocycles. The topological polar surface area (TPSA) is 51.9 Å². The lowest BCUT2D eigenvalue weighted by atomic mass is 9.83. The Morgan fingerprint density at radius 3 is 2.64 bits per heavy atom. The summed E-state index contributed by atoms with van der Waals surface area (Å²) in [5, 5.41) is 0. The lowest BCUT2D eigenvalue weighted by molar-refractivity contribution is -0.183. The number of nitrogens with zero attached hydrogens (tertiary/aromatic N) is 1. The molecule has 1 aromatic rings. The van der Waals surface area contributed by atoms with Crippen molar-refractivity contribution in [3.8, 4) is 0 Å². The van der Waals surface area contributed by atoms with E-state index in [2.05, 4.69) is 4.90 Å². The number of hydrogen-bond donors (Lipinski definition) is 0. The predicted molar refractivity (Wildman–Crippen MR) is 92.8 cm³/mol. The van der Waals surface area contributed by atoms with Crippen LogP contribution < -0.4 is 0 Å². The van der Waals surface area contributed by atoms with Gasteiger partial charge in [-0.25, -0.2) is 0 Å². The minimum Gasteiger partial charge on any atom is -0.467 e. The molecule has 0 unspecified atom stereocenters. The van der Waals surface area contributed by atoms with Gasteiger partial charge in [-0.2, -0.15) is 0 Å². The van der Waals surface area contributed by atoms with Gasteiger partial charge >= 0.3 is 0 Å². The van der Waals surface area contributed by atoms with Gasteiger partial charge in [0.1, 0.15) is 5.76 Å².